The topological polar surface area (TPSA) is 74.7 Å². The van der Waals surface area contributed by atoms with Gasteiger partial charge in [0.15, 0.2) is 0 Å². The fraction of sp³-hybridized carbons (Fsp3) is 0.278. The van der Waals surface area contributed by atoms with E-state index in [0.29, 0.717) is 23.4 Å². The highest BCUT2D eigenvalue weighted by Crippen LogP contribution is 2.37. The summed E-state index contributed by atoms with van der Waals surface area (Å²) < 4.78 is 28.2. The Labute approximate surface area is 151 Å². The Morgan fingerprint density at radius 1 is 1.20 bits per heavy atom. The van der Waals surface area contributed by atoms with Gasteiger partial charge >= 0.3 is 5.97 Å². The van der Waals surface area contributed by atoms with Gasteiger partial charge in [0.25, 0.3) is 10.0 Å². The van der Waals surface area contributed by atoms with Crippen molar-refractivity contribution in [1.82, 2.24) is 0 Å². The van der Waals surface area contributed by atoms with E-state index in [1.807, 2.05) is 18.2 Å². The molecule has 0 aliphatic carbocycles. The van der Waals surface area contributed by atoms with Crippen LogP contribution in [0.3, 0.4) is 0 Å². The van der Waals surface area contributed by atoms with Gasteiger partial charge in [0.2, 0.25) is 0 Å². The van der Waals surface area contributed by atoms with Crippen LogP contribution in [-0.2, 0) is 10.0 Å². The van der Waals surface area contributed by atoms with E-state index in [4.69, 9.17) is 0 Å². The number of benzene rings is 2. The van der Waals surface area contributed by atoms with E-state index >= 15 is 0 Å². The quantitative estimate of drug-likeness (QED) is 0.883. The SMILES string of the molecule is Cc1cc(C(=O)O)cc(S(=O)(=O)N2CCCSc3ccccc32)c1C. The fourth-order valence-electron chi connectivity index (χ4n) is 2.88. The van der Waals surface area contributed by atoms with Crippen molar-refractivity contribution in [2.45, 2.75) is 30.1 Å². The van der Waals surface area contributed by atoms with Crippen LogP contribution >= 0.6 is 11.8 Å². The minimum absolute atomic E-state index is 0.0147. The number of nitrogens with zero attached hydrogens (tertiary/aromatic N) is 1. The number of fused-ring (bicyclic) bond motifs is 1. The van der Waals surface area contributed by atoms with Gasteiger partial charge in [-0.3, -0.25) is 4.31 Å². The number of carboxylic acid groups (broad SMARTS) is 1. The van der Waals surface area contributed by atoms with E-state index < -0.39 is 16.0 Å². The zero-order chi connectivity index (χ0) is 18.2. The normalized spacial score (nSPS) is 14.7. The monoisotopic (exact) mass is 377 g/mol. The summed E-state index contributed by atoms with van der Waals surface area (Å²) in [5.41, 5.74) is 1.87. The van der Waals surface area contributed by atoms with Gasteiger partial charge in [-0.1, -0.05) is 12.1 Å². The third kappa shape index (κ3) is 3.26. The molecule has 1 N–H and O–H groups in total. The molecule has 25 heavy (non-hydrogen) atoms. The van der Waals surface area contributed by atoms with Crippen molar-refractivity contribution >= 4 is 33.4 Å². The second-order valence-corrected chi connectivity index (χ2v) is 8.94. The molecule has 1 heterocycles. The molecule has 132 valence electrons. The standard InChI is InChI=1S/C18H19NO4S2/c1-12-10-14(18(20)21)11-17(13(12)2)25(22,23)19-8-5-9-24-16-7-4-3-6-15(16)19/h3-4,6-7,10-11H,5,8-9H2,1-2H3,(H,20,21). The molecule has 0 saturated heterocycles. The number of aromatic carboxylic acids is 1. The molecule has 5 nitrogen and oxygen atoms in total. The molecule has 7 heteroatoms. The van der Waals surface area contributed by atoms with Crippen molar-refractivity contribution in [3.8, 4) is 0 Å². The number of sulfonamides is 1. The predicted molar refractivity (Wildman–Crippen MR) is 99.2 cm³/mol. The first-order valence-electron chi connectivity index (χ1n) is 7.91. The van der Waals surface area contributed by atoms with Crippen LogP contribution in [0.15, 0.2) is 46.2 Å². The molecule has 0 atom stereocenters. The highest BCUT2D eigenvalue weighted by atomic mass is 32.2. The fourth-order valence-corrected chi connectivity index (χ4v) is 5.78. The van der Waals surface area contributed by atoms with Gasteiger partial charge < -0.3 is 5.11 Å². The molecule has 3 rings (SSSR count). The summed E-state index contributed by atoms with van der Waals surface area (Å²) in [6, 6.07) is 10.2. The number of anilines is 1. The molecule has 0 saturated carbocycles. The van der Waals surface area contributed by atoms with Gasteiger partial charge in [-0.2, -0.15) is 0 Å². The van der Waals surface area contributed by atoms with Gasteiger partial charge in [-0.15, -0.1) is 11.8 Å². The zero-order valence-electron chi connectivity index (χ0n) is 14.0. The lowest BCUT2D eigenvalue weighted by atomic mass is 10.1. The highest BCUT2D eigenvalue weighted by molar-refractivity contribution is 7.99. The Morgan fingerprint density at radius 3 is 2.64 bits per heavy atom. The average molecular weight is 377 g/mol. The summed E-state index contributed by atoms with van der Waals surface area (Å²) >= 11 is 1.64. The van der Waals surface area contributed by atoms with Crippen LogP contribution < -0.4 is 4.31 Å². The van der Waals surface area contributed by atoms with Crippen molar-refractivity contribution in [2.75, 3.05) is 16.6 Å². The van der Waals surface area contributed by atoms with E-state index in [9.17, 15) is 18.3 Å². The van der Waals surface area contributed by atoms with E-state index in [1.54, 1.807) is 31.7 Å². The number of thioether (sulfide) groups is 1. The minimum Gasteiger partial charge on any atom is -0.478 e. The summed E-state index contributed by atoms with van der Waals surface area (Å²) in [6.07, 6.45) is 0.731. The number of carboxylic acids is 1. The molecule has 0 aromatic heterocycles. The molecular formula is C18H19NO4S2. The summed E-state index contributed by atoms with van der Waals surface area (Å²) in [4.78, 5) is 12.3. The largest absolute Gasteiger partial charge is 0.478 e. The lowest BCUT2D eigenvalue weighted by molar-refractivity contribution is 0.0696. The van der Waals surface area contributed by atoms with Crippen LogP contribution in [-0.4, -0.2) is 31.8 Å². The number of para-hydroxylation sites is 1. The molecule has 2 aromatic rings. The maximum atomic E-state index is 13.4. The molecule has 0 fully saturated rings. The van der Waals surface area contributed by atoms with Gasteiger partial charge in [-0.05, 0) is 61.4 Å². The van der Waals surface area contributed by atoms with Gasteiger partial charge in [0.1, 0.15) is 0 Å². The summed E-state index contributed by atoms with van der Waals surface area (Å²) in [7, 11) is -3.85. The predicted octanol–water partition coefficient (Wildman–Crippen LogP) is 3.69. The number of rotatable bonds is 3. The molecule has 0 bridgehead atoms. The Kier molecular flexibility index (Phi) is 4.79. The lowest BCUT2D eigenvalue weighted by Crippen LogP contribution is -2.32. The molecule has 0 amide bonds. The molecule has 0 spiro atoms. The Hall–Kier alpha value is -1.99. The van der Waals surface area contributed by atoms with Crippen molar-refractivity contribution in [2.24, 2.45) is 0 Å². The first kappa shape index (κ1) is 17.8. The van der Waals surface area contributed by atoms with Gasteiger partial charge in [0, 0.05) is 11.4 Å². The number of hydrogen-bond donors (Lipinski definition) is 1. The highest BCUT2D eigenvalue weighted by Gasteiger charge is 2.30. The van der Waals surface area contributed by atoms with Gasteiger partial charge in [0.05, 0.1) is 16.1 Å². The summed E-state index contributed by atoms with van der Waals surface area (Å²) in [5, 5.41) is 9.29. The lowest BCUT2D eigenvalue weighted by Gasteiger charge is -2.25. The van der Waals surface area contributed by atoms with Crippen molar-refractivity contribution in [3.63, 3.8) is 0 Å². The second-order valence-electron chi connectivity index (χ2n) is 5.97. The third-order valence-corrected chi connectivity index (χ3v) is 7.42. The van der Waals surface area contributed by atoms with E-state index in [2.05, 4.69) is 0 Å². The van der Waals surface area contributed by atoms with Crippen LogP contribution in [0, 0.1) is 13.8 Å². The minimum atomic E-state index is -3.85. The third-order valence-electron chi connectivity index (χ3n) is 4.33. The molecule has 2 aromatic carbocycles. The Balaban J connectivity index is 2.19. The number of aryl methyl sites for hydroxylation is 1. The number of hydrogen-bond acceptors (Lipinski definition) is 4. The molecule has 0 unspecified atom stereocenters. The van der Waals surface area contributed by atoms with Crippen molar-refractivity contribution in [3.05, 3.63) is 53.1 Å². The average Bonchev–Trinajstić information content (AvgIpc) is 2.79. The van der Waals surface area contributed by atoms with E-state index in [1.165, 1.54) is 16.4 Å². The van der Waals surface area contributed by atoms with Crippen LogP contribution in [0.5, 0.6) is 0 Å². The van der Waals surface area contributed by atoms with Crippen molar-refractivity contribution < 1.29 is 18.3 Å². The molecular weight excluding hydrogens is 358 g/mol. The Morgan fingerprint density at radius 2 is 1.92 bits per heavy atom. The Bertz CT molecular complexity index is 938. The van der Waals surface area contributed by atoms with E-state index in [0.717, 1.165) is 17.1 Å². The molecule has 1 aliphatic rings. The molecule has 0 radical (unpaired) electrons. The summed E-state index contributed by atoms with van der Waals surface area (Å²) in [5.74, 6) is -0.290. The maximum Gasteiger partial charge on any atom is 0.335 e. The maximum absolute atomic E-state index is 13.4. The zero-order valence-corrected chi connectivity index (χ0v) is 15.7. The second kappa shape index (κ2) is 6.72. The molecule has 1 aliphatic heterocycles. The van der Waals surface area contributed by atoms with Crippen molar-refractivity contribution in [1.29, 1.82) is 0 Å². The number of carbonyl (C=O) groups is 1. The summed E-state index contributed by atoms with van der Waals surface area (Å²) in [6.45, 7) is 3.82. The van der Waals surface area contributed by atoms with Crippen LogP contribution in [0.25, 0.3) is 0 Å². The smallest absolute Gasteiger partial charge is 0.335 e. The van der Waals surface area contributed by atoms with E-state index in [-0.39, 0.29) is 10.5 Å². The van der Waals surface area contributed by atoms with Gasteiger partial charge in [-0.25, -0.2) is 13.2 Å². The first-order valence-corrected chi connectivity index (χ1v) is 10.3. The van der Waals surface area contributed by atoms with Crippen LogP contribution in [0.1, 0.15) is 27.9 Å². The van der Waals surface area contributed by atoms with Crippen LogP contribution in [0.2, 0.25) is 0 Å². The first-order chi connectivity index (χ1) is 11.8. The van der Waals surface area contributed by atoms with Crippen LogP contribution in [0.4, 0.5) is 5.69 Å².